The van der Waals surface area contributed by atoms with E-state index in [2.05, 4.69) is 0 Å². The second kappa shape index (κ2) is 14.0. The first kappa shape index (κ1) is 31.9. The van der Waals surface area contributed by atoms with E-state index in [1.54, 1.807) is 26.8 Å². The smallest absolute Gasteiger partial charge is 0.480 e. The molecule has 0 aromatic heterocycles. The van der Waals surface area contributed by atoms with Crippen molar-refractivity contribution in [3.05, 3.63) is 23.8 Å². The molecule has 1 aromatic rings. The molecule has 1 aromatic carbocycles. The Kier molecular flexibility index (Phi) is 12.0. The highest BCUT2D eigenvalue weighted by Crippen LogP contribution is 2.33. The SMILES string of the molecule is CCOC(=O)O[C@@H](C)CC(N)(Cc1ccc(OC(=O)C(C)C(C)C)c(OC(=O)C(C)C(C)C)c1)C(=O)O. The van der Waals surface area contributed by atoms with Crippen LogP contribution < -0.4 is 15.2 Å². The molecule has 0 aliphatic rings. The molecule has 0 spiro atoms. The van der Waals surface area contributed by atoms with E-state index in [0.29, 0.717) is 5.56 Å². The number of carbonyl (C=O) groups is 4. The van der Waals surface area contributed by atoms with Gasteiger partial charge in [0, 0.05) is 12.8 Å². The Bertz CT molecular complexity index is 959. The van der Waals surface area contributed by atoms with Crippen LogP contribution in [0.15, 0.2) is 18.2 Å². The van der Waals surface area contributed by atoms with Crippen LogP contribution in [0.2, 0.25) is 0 Å². The fourth-order valence-electron chi connectivity index (χ4n) is 3.24. The summed E-state index contributed by atoms with van der Waals surface area (Å²) in [5.74, 6) is -3.07. The average Bonchev–Trinajstić information content (AvgIpc) is 2.79. The number of aliphatic carboxylic acids is 1. The second-order valence-electron chi connectivity index (χ2n) is 10.1. The monoisotopic (exact) mass is 523 g/mol. The van der Waals surface area contributed by atoms with Crippen molar-refractivity contribution in [1.82, 2.24) is 0 Å². The number of carbonyl (C=O) groups excluding carboxylic acids is 3. The highest BCUT2D eigenvalue weighted by atomic mass is 16.7. The Balaban J connectivity index is 3.29. The van der Waals surface area contributed by atoms with Gasteiger partial charge in [-0.15, -0.1) is 0 Å². The fraction of sp³-hybridized carbons (Fsp3) is 0.630. The van der Waals surface area contributed by atoms with Gasteiger partial charge in [0.25, 0.3) is 0 Å². The Morgan fingerprint density at radius 1 is 0.892 bits per heavy atom. The van der Waals surface area contributed by atoms with E-state index in [1.165, 1.54) is 19.1 Å². The molecule has 0 aliphatic heterocycles. The largest absolute Gasteiger partial charge is 0.508 e. The lowest BCUT2D eigenvalue weighted by Gasteiger charge is -2.28. The van der Waals surface area contributed by atoms with E-state index in [9.17, 15) is 24.3 Å². The number of rotatable bonds is 13. The van der Waals surface area contributed by atoms with Gasteiger partial charge in [-0.05, 0) is 43.4 Å². The van der Waals surface area contributed by atoms with Gasteiger partial charge in [-0.3, -0.25) is 14.4 Å². The van der Waals surface area contributed by atoms with Gasteiger partial charge in [0.05, 0.1) is 18.4 Å². The molecule has 0 saturated carbocycles. The lowest BCUT2D eigenvalue weighted by molar-refractivity contribution is -0.145. The Hall–Kier alpha value is -3.14. The second-order valence-corrected chi connectivity index (χ2v) is 10.1. The van der Waals surface area contributed by atoms with E-state index in [1.807, 2.05) is 27.7 Å². The molecule has 3 unspecified atom stereocenters. The minimum Gasteiger partial charge on any atom is -0.480 e. The van der Waals surface area contributed by atoms with Gasteiger partial charge < -0.3 is 29.8 Å². The van der Waals surface area contributed by atoms with Crippen molar-refractivity contribution in [3.8, 4) is 11.5 Å². The van der Waals surface area contributed by atoms with E-state index in [0.717, 1.165) is 0 Å². The molecular formula is C27H41NO9. The number of esters is 2. The summed E-state index contributed by atoms with van der Waals surface area (Å²) in [7, 11) is 0. The van der Waals surface area contributed by atoms with Crippen molar-refractivity contribution >= 4 is 24.1 Å². The van der Waals surface area contributed by atoms with E-state index >= 15 is 0 Å². The van der Waals surface area contributed by atoms with Crippen LogP contribution in [0.3, 0.4) is 0 Å². The summed E-state index contributed by atoms with van der Waals surface area (Å²) in [6, 6.07) is 4.44. The maximum absolute atomic E-state index is 12.7. The lowest BCUT2D eigenvalue weighted by Crippen LogP contribution is -2.52. The molecule has 4 atom stereocenters. The summed E-state index contributed by atoms with van der Waals surface area (Å²) in [5.41, 5.74) is 4.83. The Morgan fingerprint density at radius 2 is 1.41 bits per heavy atom. The summed E-state index contributed by atoms with van der Waals surface area (Å²) in [5, 5.41) is 9.86. The fourth-order valence-corrected chi connectivity index (χ4v) is 3.24. The highest BCUT2D eigenvalue weighted by molar-refractivity contribution is 5.80. The van der Waals surface area contributed by atoms with Crippen LogP contribution in [0.1, 0.15) is 67.4 Å². The molecule has 10 heteroatoms. The summed E-state index contributed by atoms with van der Waals surface area (Å²) in [6.07, 6.45) is -2.15. The minimum atomic E-state index is -1.82. The zero-order valence-corrected chi connectivity index (χ0v) is 23.0. The minimum absolute atomic E-state index is 0.00670. The third-order valence-corrected chi connectivity index (χ3v) is 6.33. The Labute approximate surface area is 218 Å². The molecule has 37 heavy (non-hydrogen) atoms. The normalized spacial score (nSPS) is 15.3. The van der Waals surface area contributed by atoms with Crippen LogP contribution in [-0.4, -0.2) is 47.4 Å². The summed E-state index contributed by atoms with van der Waals surface area (Å²) in [4.78, 5) is 49.0. The maximum Gasteiger partial charge on any atom is 0.508 e. The van der Waals surface area contributed by atoms with Crippen molar-refractivity contribution in [2.75, 3.05) is 6.61 Å². The molecule has 208 valence electrons. The van der Waals surface area contributed by atoms with Gasteiger partial charge in [0.15, 0.2) is 11.5 Å². The van der Waals surface area contributed by atoms with Crippen molar-refractivity contribution in [1.29, 1.82) is 0 Å². The van der Waals surface area contributed by atoms with Crippen LogP contribution >= 0.6 is 0 Å². The van der Waals surface area contributed by atoms with E-state index in [4.69, 9.17) is 24.7 Å². The molecule has 0 radical (unpaired) electrons. The third kappa shape index (κ3) is 9.68. The van der Waals surface area contributed by atoms with Crippen LogP contribution in [0.4, 0.5) is 4.79 Å². The summed E-state index contributed by atoms with van der Waals surface area (Å²) >= 11 is 0. The Morgan fingerprint density at radius 3 is 1.86 bits per heavy atom. The number of ether oxygens (including phenoxy) is 4. The molecule has 0 fully saturated rings. The molecular weight excluding hydrogens is 482 g/mol. The first-order valence-electron chi connectivity index (χ1n) is 12.5. The zero-order chi connectivity index (χ0) is 28.5. The zero-order valence-electron chi connectivity index (χ0n) is 23.0. The predicted molar refractivity (Wildman–Crippen MR) is 136 cm³/mol. The van der Waals surface area contributed by atoms with Crippen molar-refractivity contribution in [2.45, 2.75) is 79.9 Å². The number of carboxylic acids is 1. The molecule has 0 heterocycles. The molecule has 0 amide bonds. The lowest BCUT2D eigenvalue weighted by atomic mass is 9.86. The number of carboxylic acid groups (broad SMARTS) is 1. The van der Waals surface area contributed by atoms with E-state index in [-0.39, 0.29) is 42.8 Å². The molecule has 0 bridgehead atoms. The molecule has 1 rings (SSSR count). The topological polar surface area (TPSA) is 151 Å². The average molecular weight is 524 g/mol. The highest BCUT2D eigenvalue weighted by Gasteiger charge is 2.37. The predicted octanol–water partition coefficient (Wildman–Crippen LogP) is 4.36. The summed E-state index contributed by atoms with van der Waals surface area (Å²) < 4.78 is 20.9. The summed E-state index contributed by atoms with van der Waals surface area (Å²) in [6.45, 7) is 14.2. The first-order chi connectivity index (χ1) is 17.1. The number of hydrogen-bond donors (Lipinski definition) is 2. The van der Waals surface area contributed by atoms with Gasteiger partial charge in [0.2, 0.25) is 0 Å². The molecule has 10 nitrogen and oxygen atoms in total. The number of hydrogen-bond acceptors (Lipinski definition) is 9. The van der Waals surface area contributed by atoms with Crippen LogP contribution in [0.5, 0.6) is 11.5 Å². The van der Waals surface area contributed by atoms with Crippen molar-refractivity contribution in [3.63, 3.8) is 0 Å². The van der Waals surface area contributed by atoms with Gasteiger partial charge in [-0.25, -0.2) is 4.79 Å². The number of benzene rings is 1. The van der Waals surface area contributed by atoms with Crippen molar-refractivity contribution in [2.24, 2.45) is 29.4 Å². The standard InChI is InChI=1S/C27H41NO9/c1-9-34-26(33)35-17(6)13-27(28,25(31)32)14-20-10-11-21(36-23(29)18(7)15(2)3)22(12-20)37-24(30)19(8)16(4)5/h10-12,15-19H,9,13-14,28H2,1-8H3,(H,31,32)/t17-,18?,19?,27?/m0/s1. The van der Waals surface area contributed by atoms with E-state index < -0.39 is 47.5 Å². The van der Waals surface area contributed by atoms with Gasteiger partial charge in [0.1, 0.15) is 11.6 Å². The van der Waals surface area contributed by atoms with Crippen molar-refractivity contribution < 1.29 is 43.2 Å². The van der Waals surface area contributed by atoms with Crippen LogP contribution in [-0.2, 0) is 30.3 Å². The molecule has 0 saturated heterocycles. The first-order valence-corrected chi connectivity index (χ1v) is 12.5. The van der Waals surface area contributed by atoms with Gasteiger partial charge >= 0.3 is 24.1 Å². The quantitative estimate of drug-likeness (QED) is 0.282. The molecule has 0 aliphatic carbocycles. The molecule has 3 N–H and O–H groups in total. The van der Waals surface area contributed by atoms with Crippen LogP contribution in [0, 0.1) is 23.7 Å². The number of nitrogens with two attached hydrogens (primary N) is 1. The van der Waals surface area contributed by atoms with Gasteiger partial charge in [-0.2, -0.15) is 0 Å². The maximum atomic E-state index is 12.7. The third-order valence-electron chi connectivity index (χ3n) is 6.33. The van der Waals surface area contributed by atoms with Gasteiger partial charge in [-0.1, -0.05) is 47.6 Å². The van der Waals surface area contributed by atoms with Crippen LogP contribution in [0.25, 0.3) is 0 Å².